The molecule has 2 nitrogen and oxygen atoms in total. The fraction of sp³-hybridized carbons (Fsp3) is 0.0400. The van der Waals surface area contributed by atoms with Gasteiger partial charge in [-0.15, -0.1) is 11.3 Å². The monoisotopic (exact) mass is 696 g/mol. The van der Waals surface area contributed by atoms with Crippen LogP contribution in [0.1, 0.15) is 11.1 Å². The molecule has 0 saturated carbocycles. The molecule has 252 valence electrons. The molecule has 10 rings (SSSR count). The Hall–Kier alpha value is -6.42. The largest absolute Gasteiger partial charge is 0.310 e. The van der Waals surface area contributed by atoms with Crippen molar-refractivity contribution in [2.24, 2.45) is 0 Å². The summed E-state index contributed by atoms with van der Waals surface area (Å²) in [7, 11) is 0. The highest BCUT2D eigenvalue weighted by Crippen LogP contribution is 2.50. The summed E-state index contributed by atoms with van der Waals surface area (Å²) in [5.74, 6) is 0. The molecule has 0 aliphatic heterocycles. The van der Waals surface area contributed by atoms with Crippen LogP contribution in [0.15, 0.2) is 182 Å². The molecule has 8 aromatic carbocycles. The van der Waals surface area contributed by atoms with Crippen LogP contribution in [0, 0.1) is 13.8 Å². The summed E-state index contributed by atoms with van der Waals surface area (Å²) in [5, 5.41) is 5.08. The highest BCUT2D eigenvalue weighted by Gasteiger charge is 2.24. The average molecular weight is 697 g/mol. The van der Waals surface area contributed by atoms with Gasteiger partial charge in [-0.1, -0.05) is 127 Å². The Morgan fingerprint density at radius 3 is 1.79 bits per heavy atom. The van der Waals surface area contributed by atoms with Crippen LogP contribution in [0.5, 0.6) is 0 Å². The number of hydrogen-bond donors (Lipinski definition) is 0. The lowest BCUT2D eigenvalue weighted by atomic mass is 9.95. The fourth-order valence-electron chi connectivity index (χ4n) is 8.24. The number of anilines is 3. The topological polar surface area (TPSA) is 8.17 Å². The summed E-state index contributed by atoms with van der Waals surface area (Å²) >= 11 is 1.89. The lowest BCUT2D eigenvalue weighted by Gasteiger charge is -2.29. The number of benzene rings is 8. The second kappa shape index (κ2) is 12.7. The molecule has 0 bridgehead atoms. The maximum atomic E-state index is 2.47. The normalized spacial score (nSPS) is 11.6. The van der Waals surface area contributed by atoms with E-state index in [1.54, 1.807) is 0 Å². The first-order valence-electron chi connectivity index (χ1n) is 18.2. The van der Waals surface area contributed by atoms with Gasteiger partial charge in [0.25, 0.3) is 0 Å². The summed E-state index contributed by atoms with van der Waals surface area (Å²) in [6.07, 6.45) is 0. The van der Waals surface area contributed by atoms with Gasteiger partial charge in [-0.3, -0.25) is 0 Å². The van der Waals surface area contributed by atoms with Crippen LogP contribution in [-0.4, -0.2) is 4.57 Å². The van der Waals surface area contributed by atoms with E-state index >= 15 is 0 Å². The molecule has 0 aliphatic carbocycles. The zero-order chi connectivity index (χ0) is 35.5. The molecule has 2 heterocycles. The molecule has 10 aromatic rings. The minimum absolute atomic E-state index is 1.14. The number of aromatic nitrogens is 1. The van der Waals surface area contributed by atoms with Crippen LogP contribution in [0.4, 0.5) is 17.1 Å². The number of fused-ring (bicyclic) bond motifs is 6. The molecule has 53 heavy (non-hydrogen) atoms. The Morgan fingerprint density at radius 1 is 0.453 bits per heavy atom. The minimum atomic E-state index is 1.14. The number of thiophene rings is 1. The second-order valence-electron chi connectivity index (χ2n) is 13.8. The highest BCUT2D eigenvalue weighted by atomic mass is 32.1. The molecule has 3 heteroatoms. The van der Waals surface area contributed by atoms with Crippen LogP contribution in [0.3, 0.4) is 0 Å². The summed E-state index contributed by atoms with van der Waals surface area (Å²) in [5.41, 5.74) is 14.5. The van der Waals surface area contributed by atoms with E-state index in [4.69, 9.17) is 0 Å². The van der Waals surface area contributed by atoms with Gasteiger partial charge in [0.1, 0.15) is 0 Å². The van der Waals surface area contributed by atoms with Crippen molar-refractivity contribution in [1.29, 1.82) is 0 Å². The zero-order valence-electron chi connectivity index (χ0n) is 29.6. The van der Waals surface area contributed by atoms with Crippen molar-refractivity contribution >= 4 is 70.4 Å². The van der Waals surface area contributed by atoms with E-state index < -0.39 is 0 Å². The van der Waals surface area contributed by atoms with Crippen LogP contribution in [-0.2, 0) is 0 Å². The van der Waals surface area contributed by atoms with Gasteiger partial charge in [0, 0.05) is 53.4 Å². The van der Waals surface area contributed by atoms with Crippen LogP contribution in [0.25, 0.3) is 69.9 Å². The van der Waals surface area contributed by atoms with E-state index in [1.807, 2.05) is 11.3 Å². The maximum absolute atomic E-state index is 2.47. The molecule has 0 aliphatic rings. The Labute approximate surface area is 313 Å². The predicted molar refractivity (Wildman–Crippen MR) is 229 cm³/mol. The van der Waals surface area contributed by atoms with Gasteiger partial charge in [-0.05, 0) is 90.7 Å². The van der Waals surface area contributed by atoms with E-state index in [2.05, 4.69) is 205 Å². The van der Waals surface area contributed by atoms with Crippen molar-refractivity contribution in [2.45, 2.75) is 13.8 Å². The van der Waals surface area contributed by atoms with Crippen molar-refractivity contribution in [1.82, 2.24) is 4.57 Å². The number of aryl methyl sites for hydroxylation is 2. The molecule has 0 fully saturated rings. The quantitative estimate of drug-likeness (QED) is 0.168. The SMILES string of the molecule is Cc1cc(N(c2ccccc2)c2ccc(-c3ccccc3-n3c4ccccc4c4ccccc43)c3sc4ccccc4c23)c(C)cc1-c1ccccc1. The predicted octanol–water partition coefficient (Wildman–Crippen LogP) is 14.6. The van der Waals surface area contributed by atoms with Gasteiger partial charge in [0.05, 0.1) is 22.4 Å². The number of hydrogen-bond acceptors (Lipinski definition) is 2. The standard InChI is InChI=1S/C50H36N2S/c1-33-32-47(34(2)31-42(33)35-17-5-3-6-18-35)51(36-19-7-4-8-20-36)46-30-29-40(50-49(46)41-24-12-16-28-48(41)53-50)39-23-11-15-27-45(39)52-43-25-13-9-21-37(43)38-22-10-14-26-44(38)52/h3-32H,1-2H3. The molecule has 0 amide bonds. The average Bonchev–Trinajstić information content (AvgIpc) is 3.77. The van der Waals surface area contributed by atoms with Crippen molar-refractivity contribution < 1.29 is 0 Å². The number of nitrogens with zero attached hydrogens (tertiary/aromatic N) is 2. The molecular weight excluding hydrogens is 661 g/mol. The molecule has 0 spiro atoms. The van der Waals surface area contributed by atoms with E-state index in [9.17, 15) is 0 Å². The third-order valence-electron chi connectivity index (χ3n) is 10.6. The van der Waals surface area contributed by atoms with Gasteiger partial charge in [-0.2, -0.15) is 0 Å². The Kier molecular flexibility index (Phi) is 7.48. The van der Waals surface area contributed by atoms with Gasteiger partial charge in [0.2, 0.25) is 0 Å². The van der Waals surface area contributed by atoms with Crippen molar-refractivity contribution in [3.63, 3.8) is 0 Å². The third-order valence-corrected chi connectivity index (χ3v) is 11.8. The number of rotatable bonds is 6. The van der Waals surface area contributed by atoms with Crippen LogP contribution < -0.4 is 4.90 Å². The summed E-state index contributed by atoms with van der Waals surface area (Å²) < 4.78 is 5.02. The van der Waals surface area contributed by atoms with Gasteiger partial charge in [-0.25, -0.2) is 0 Å². The lowest BCUT2D eigenvalue weighted by molar-refractivity contribution is 1.18. The van der Waals surface area contributed by atoms with Crippen molar-refractivity contribution in [3.05, 3.63) is 193 Å². The number of para-hydroxylation sites is 4. The lowest BCUT2D eigenvalue weighted by Crippen LogP contribution is -2.12. The first kappa shape index (κ1) is 31.3. The fourth-order valence-corrected chi connectivity index (χ4v) is 9.49. The first-order chi connectivity index (χ1) is 26.2. The molecule has 0 atom stereocenters. The van der Waals surface area contributed by atoms with Gasteiger partial charge < -0.3 is 9.47 Å². The molecule has 0 saturated heterocycles. The Bertz CT molecular complexity index is 2920. The Balaban J connectivity index is 1.25. The van der Waals surface area contributed by atoms with Crippen LogP contribution >= 0.6 is 11.3 Å². The molecule has 0 unspecified atom stereocenters. The smallest absolute Gasteiger partial charge is 0.0555 e. The molecule has 0 radical (unpaired) electrons. The molecule has 2 aromatic heterocycles. The third kappa shape index (κ3) is 5.08. The second-order valence-corrected chi connectivity index (χ2v) is 14.9. The zero-order valence-corrected chi connectivity index (χ0v) is 30.4. The van der Waals surface area contributed by atoms with E-state index in [0.717, 1.165) is 5.69 Å². The Morgan fingerprint density at radius 2 is 1.06 bits per heavy atom. The first-order valence-corrected chi connectivity index (χ1v) is 19.0. The summed E-state index contributed by atoms with van der Waals surface area (Å²) in [6.45, 7) is 4.48. The summed E-state index contributed by atoms with van der Waals surface area (Å²) in [4.78, 5) is 2.47. The maximum Gasteiger partial charge on any atom is 0.0555 e. The van der Waals surface area contributed by atoms with Gasteiger partial charge >= 0.3 is 0 Å². The van der Waals surface area contributed by atoms with E-state index in [-0.39, 0.29) is 0 Å². The van der Waals surface area contributed by atoms with Crippen LogP contribution in [0.2, 0.25) is 0 Å². The molecular formula is C50H36N2S. The summed E-state index contributed by atoms with van der Waals surface area (Å²) in [6, 6.07) is 66.4. The van der Waals surface area contributed by atoms with Gasteiger partial charge in [0.15, 0.2) is 0 Å². The van der Waals surface area contributed by atoms with E-state index in [0.29, 0.717) is 0 Å². The van der Waals surface area contributed by atoms with Crippen molar-refractivity contribution in [2.75, 3.05) is 4.90 Å². The van der Waals surface area contributed by atoms with Crippen molar-refractivity contribution in [3.8, 4) is 27.9 Å². The van der Waals surface area contributed by atoms with E-state index in [1.165, 1.54) is 92.4 Å². The highest BCUT2D eigenvalue weighted by molar-refractivity contribution is 7.26. The molecule has 0 N–H and O–H groups in total. The minimum Gasteiger partial charge on any atom is -0.310 e.